The summed E-state index contributed by atoms with van der Waals surface area (Å²) in [5.74, 6) is -2.38. The number of carbonyl (C=O) groups is 4. The molecule has 634 valence electrons. The van der Waals surface area contributed by atoms with Gasteiger partial charge >= 0.3 is 39.5 Å². The molecule has 0 aromatic heterocycles. The average molecular weight is 1600 g/mol. The van der Waals surface area contributed by atoms with E-state index >= 15 is 0 Å². The number of aliphatic hydroxyl groups excluding tert-OH is 1. The Hall–Kier alpha value is -6.10. The molecule has 19 heteroatoms. The van der Waals surface area contributed by atoms with E-state index in [1.54, 1.807) is 12.2 Å². The fraction of sp³-hybridized carbons (Fsp3) is 0.613. The average Bonchev–Trinajstić information content (AvgIpc) is 0.907. The predicted octanol–water partition coefficient (Wildman–Crippen LogP) is 25.7. The second-order valence-electron chi connectivity index (χ2n) is 27.6. The molecule has 17 nitrogen and oxygen atoms in total. The minimum atomic E-state index is -5.02. The van der Waals surface area contributed by atoms with Crippen LogP contribution in [0.1, 0.15) is 310 Å². The quantitative estimate of drug-likeness (QED) is 0.0169. The minimum Gasteiger partial charge on any atom is -0.462 e. The Bertz CT molecular complexity index is 2890. The van der Waals surface area contributed by atoms with E-state index in [1.165, 1.54) is 19.3 Å². The second-order valence-corrected chi connectivity index (χ2v) is 30.5. The van der Waals surface area contributed by atoms with Gasteiger partial charge in [0.05, 0.1) is 32.8 Å². The van der Waals surface area contributed by atoms with Crippen LogP contribution in [0.25, 0.3) is 0 Å². The number of allylic oxidation sites excluding steroid dienone is 31. The number of esters is 4. The largest absolute Gasteiger partial charge is 0.472 e. The summed E-state index contributed by atoms with van der Waals surface area (Å²) < 4.78 is 68.7. The van der Waals surface area contributed by atoms with Crippen molar-refractivity contribution in [1.29, 1.82) is 0 Å². The Balaban J connectivity index is 5.49. The summed E-state index contributed by atoms with van der Waals surface area (Å²) in [5.41, 5.74) is 0. The molecule has 0 bridgehead atoms. The molecule has 5 atom stereocenters. The number of aliphatic hydroxyl groups is 1. The number of ether oxygens (including phenoxy) is 4. The molecule has 0 radical (unpaired) electrons. The Kier molecular flexibility index (Phi) is 78.4. The first-order valence-electron chi connectivity index (χ1n) is 42.7. The van der Waals surface area contributed by atoms with E-state index in [-0.39, 0.29) is 25.7 Å². The molecule has 0 spiro atoms. The predicted molar refractivity (Wildman–Crippen MR) is 463 cm³/mol. The van der Waals surface area contributed by atoms with E-state index < -0.39 is 97.5 Å². The standard InChI is InChI=1S/C93H150O17P2/c1-5-9-13-17-21-25-29-33-37-40-43-46-50-53-57-61-65-69-73-77-90(95)103-83-88(109-92(97)79-75-71-67-63-59-55-49-36-32-28-24-20-16-12-8-4)85-107-111(99,100)105-81-87(94)82-106-112(101,102)108-86-89(110-93(98)80-76-72-68-64-60-56-52-48-45-42-39-35-31-27-23-19-15-11-7-3)84-104-91(96)78-74-70-66-62-58-54-51-47-44-41-38-34-30-26-22-18-14-10-6-2/h9-10,12-14,16,21-28,33-39,43-49,59,63,71,75,87-89,94H,5-8,11,15,17-20,29-32,40-42,50-58,60-62,64-70,72-74,76-86H2,1-4H3,(H,99,100)(H,101,102)/b13-9-,14-10-,16-12-,25-21-,26-22-,27-23-,28-24-,37-33-,38-34-,39-35-,46-43-,47-44-,48-45-,49-36-,63-59-,75-71-. The van der Waals surface area contributed by atoms with Crippen LogP contribution < -0.4 is 0 Å². The van der Waals surface area contributed by atoms with Crippen molar-refractivity contribution in [2.75, 3.05) is 39.6 Å². The molecule has 0 saturated heterocycles. The molecule has 0 aromatic rings. The monoisotopic (exact) mass is 1600 g/mol. The van der Waals surface area contributed by atoms with Crippen molar-refractivity contribution < 1.29 is 80.2 Å². The molecule has 0 aromatic carbocycles. The molecule has 0 aliphatic heterocycles. The van der Waals surface area contributed by atoms with Gasteiger partial charge in [-0.15, -0.1) is 0 Å². The van der Waals surface area contributed by atoms with Crippen LogP contribution >= 0.6 is 15.6 Å². The van der Waals surface area contributed by atoms with E-state index in [2.05, 4.69) is 198 Å². The van der Waals surface area contributed by atoms with Crippen LogP contribution in [0.15, 0.2) is 194 Å². The summed E-state index contributed by atoms with van der Waals surface area (Å²) in [5, 5.41) is 10.7. The van der Waals surface area contributed by atoms with Gasteiger partial charge in [0.2, 0.25) is 0 Å². The summed E-state index contributed by atoms with van der Waals surface area (Å²) in [4.78, 5) is 73.2. The maximum absolute atomic E-state index is 13.2. The highest BCUT2D eigenvalue weighted by molar-refractivity contribution is 7.47. The molecule has 5 unspecified atom stereocenters. The third-order valence-electron chi connectivity index (χ3n) is 17.1. The number of hydrogen-bond donors (Lipinski definition) is 3. The van der Waals surface area contributed by atoms with Gasteiger partial charge in [0.15, 0.2) is 12.2 Å². The van der Waals surface area contributed by atoms with Crippen molar-refractivity contribution in [1.82, 2.24) is 0 Å². The molecule has 0 fully saturated rings. The van der Waals surface area contributed by atoms with E-state index in [4.69, 9.17) is 37.0 Å². The molecule has 0 aliphatic rings. The first-order valence-corrected chi connectivity index (χ1v) is 45.7. The summed E-state index contributed by atoms with van der Waals surface area (Å²) in [6, 6.07) is 0. The van der Waals surface area contributed by atoms with Gasteiger partial charge in [0, 0.05) is 19.3 Å². The van der Waals surface area contributed by atoms with Gasteiger partial charge in [-0.05, 0) is 167 Å². The van der Waals surface area contributed by atoms with Crippen molar-refractivity contribution in [2.24, 2.45) is 0 Å². The van der Waals surface area contributed by atoms with Gasteiger partial charge in [-0.1, -0.05) is 312 Å². The van der Waals surface area contributed by atoms with Gasteiger partial charge in [-0.25, -0.2) is 9.13 Å². The minimum absolute atomic E-state index is 0.0671. The smallest absolute Gasteiger partial charge is 0.462 e. The van der Waals surface area contributed by atoms with E-state index in [9.17, 15) is 43.2 Å². The lowest BCUT2D eigenvalue weighted by atomic mass is 10.1. The summed E-state index contributed by atoms with van der Waals surface area (Å²) in [6.45, 7) is 4.35. The number of hydrogen-bond acceptors (Lipinski definition) is 15. The van der Waals surface area contributed by atoms with Crippen molar-refractivity contribution in [3.63, 3.8) is 0 Å². The van der Waals surface area contributed by atoms with Crippen LogP contribution in [-0.2, 0) is 65.4 Å². The van der Waals surface area contributed by atoms with Crippen LogP contribution in [0.3, 0.4) is 0 Å². The van der Waals surface area contributed by atoms with Crippen LogP contribution in [-0.4, -0.2) is 96.7 Å². The highest BCUT2D eigenvalue weighted by Gasteiger charge is 2.30. The van der Waals surface area contributed by atoms with E-state index in [1.807, 2.05) is 12.2 Å². The molecule has 0 rings (SSSR count). The third-order valence-corrected chi connectivity index (χ3v) is 19.0. The lowest BCUT2D eigenvalue weighted by molar-refractivity contribution is -0.161. The van der Waals surface area contributed by atoms with E-state index in [0.29, 0.717) is 25.7 Å². The van der Waals surface area contributed by atoms with Gasteiger partial charge in [-0.3, -0.25) is 37.3 Å². The van der Waals surface area contributed by atoms with Crippen molar-refractivity contribution in [3.8, 4) is 0 Å². The lowest BCUT2D eigenvalue weighted by Crippen LogP contribution is -2.30. The molecule has 3 N–H and O–H groups in total. The van der Waals surface area contributed by atoms with Gasteiger partial charge in [-0.2, -0.15) is 0 Å². The zero-order valence-electron chi connectivity index (χ0n) is 69.5. The second kappa shape index (κ2) is 82.9. The maximum Gasteiger partial charge on any atom is 0.472 e. The molecule has 0 heterocycles. The number of phosphoric ester groups is 2. The molecule has 0 aliphatic carbocycles. The Morgan fingerprint density at radius 3 is 0.795 bits per heavy atom. The highest BCUT2D eigenvalue weighted by atomic mass is 31.2. The van der Waals surface area contributed by atoms with Crippen LogP contribution in [0, 0.1) is 0 Å². The van der Waals surface area contributed by atoms with Crippen LogP contribution in [0.5, 0.6) is 0 Å². The van der Waals surface area contributed by atoms with Gasteiger partial charge in [0.1, 0.15) is 19.3 Å². The number of carbonyl (C=O) groups excluding carboxylic acids is 4. The first kappa shape index (κ1) is 106. The zero-order valence-corrected chi connectivity index (χ0v) is 71.3. The van der Waals surface area contributed by atoms with Crippen molar-refractivity contribution in [3.05, 3.63) is 194 Å². The Morgan fingerprint density at radius 1 is 0.268 bits per heavy atom. The summed E-state index contributed by atoms with van der Waals surface area (Å²) in [6.07, 6.45) is 103. The first-order chi connectivity index (χ1) is 54.7. The highest BCUT2D eigenvalue weighted by Crippen LogP contribution is 2.45. The number of unbranched alkanes of at least 4 members (excludes halogenated alkanes) is 21. The normalized spacial score (nSPS) is 14.7. The topological polar surface area (TPSA) is 237 Å². The fourth-order valence-corrected chi connectivity index (χ4v) is 12.3. The lowest BCUT2D eigenvalue weighted by Gasteiger charge is -2.21. The molecule has 0 amide bonds. The van der Waals surface area contributed by atoms with Crippen molar-refractivity contribution in [2.45, 2.75) is 329 Å². The Labute approximate surface area is 678 Å². The summed E-state index contributed by atoms with van der Waals surface area (Å²) in [7, 11) is -10.0. The molecular formula is C93H150O17P2. The Morgan fingerprint density at radius 2 is 0.500 bits per heavy atom. The number of rotatable bonds is 78. The van der Waals surface area contributed by atoms with E-state index in [0.717, 1.165) is 212 Å². The fourth-order valence-electron chi connectivity index (χ4n) is 10.7. The van der Waals surface area contributed by atoms with Crippen molar-refractivity contribution >= 4 is 39.5 Å². The number of phosphoric acid groups is 2. The molecular weight excluding hydrogens is 1450 g/mol. The van der Waals surface area contributed by atoms with Crippen LogP contribution in [0.4, 0.5) is 0 Å². The SMILES string of the molecule is CC/C=C\C/C=C\C/C=C\C/C=C\C/C=C\CC(=O)OC(COC(=O)CCCCCCCC/C=C\C/C=C\C/C=C\C/C=C\CC)COP(=O)(O)OCC(O)COP(=O)(O)OCC(COC(=O)CCCCCCCC/C=C\C/C=C\C/C=C\C/C=C\CC)OC(=O)CCCCCCCC/C=C\C/C=C\C/C=C\CCCCC. The van der Waals surface area contributed by atoms with Gasteiger partial charge in [0.25, 0.3) is 0 Å². The molecule has 0 saturated carbocycles. The van der Waals surface area contributed by atoms with Crippen LogP contribution in [0.2, 0.25) is 0 Å². The zero-order chi connectivity index (χ0) is 81.7. The third kappa shape index (κ3) is 81.9. The molecule has 112 heavy (non-hydrogen) atoms. The van der Waals surface area contributed by atoms with Gasteiger partial charge < -0.3 is 33.8 Å². The summed E-state index contributed by atoms with van der Waals surface area (Å²) >= 11 is 0. The maximum atomic E-state index is 13.2.